The number of nitrogens with zero attached hydrogens (tertiary/aromatic N) is 2. The Bertz CT molecular complexity index is 495. The molecule has 0 saturated carbocycles. The molecule has 1 aromatic carbocycles. The van der Waals surface area contributed by atoms with Crippen molar-refractivity contribution in [3.8, 4) is 0 Å². The SMILES string of the molecule is FC(F)(F)c1ccccc1Cc1ncccn1. The maximum atomic E-state index is 12.7. The largest absolute Gasteiger partial charge is 0.416 e. The van der Waals surface area contributed by atoms with E-state index in [2.05, 4.69) is 9.97 Å². The van der Waals surface area contributed by atoms with Crippen molar-refractivity contribution in [1.82, 2.24) is 9.97 Å². The second-order valence-corrected chi connectivity index (χ2v) is 3.50. The molecule has 0 bridgehead atoms. The summed E-state index contributed by atoms with van der Waals surface area (Å²) < 4.78 is 38.1. The van der Waals surface area contributed by atoms with Crippen molar-refractivity contribution in [3.05, 3.63) is 59.7 Å². The van der Waals surface area contributed by atoms with E-state index in [1.165, 1.54) is 24.5 Å². The van der Waals surface area contributed by atoms with Crippen LogP contribution in [0.5, 0.6) is 0 Å². The van der Waals surface area contributed by atoms with Gasteiger partial charge in [0.15, 0.2) is 0 Å². The fraction of sp³-hybridized carbons (Fsp3) is 0.167. The first-order chi connectivity index (χ1) is 8.07. The van der Waals surface area contributed by atoms with E-state index in [1.807, 2.05) is 0 Å². The van der Waals surface area contributed by atoms with Gasteiger partial charge in [-0.3, -0.25) is 0 Å². The van der Waals surface area contributed by atoms with Crippen LogP contribution in [0.3, 0.4) is 0 Å². The van der Waals surface area contributed by atoms with Crippen molar-refractivity contribution in [1.29, 1.82) is 0 Å². The molecular weight excluding hydrogens is 229 g/mol. The molecule has 2 nitrogen and oxygen atoms in total. The van der Waals surface area contributed by atoms with Gasteiger partial charge >= 0.3 is 6.18 Å². The maximum absolute atomic E-state index is 12.7. The van der Waals surface area contributed by atoms with Gasteiger partial charge < -0.3 is 0 Å². The molecule has 2 aromatic rings. The fourth-order valence-electron chi connectivity index (χ4n) is 1.54. The van der Waals surface area contributed by atoms with Crippen molar-refractivity contribution >= 4 is 0 Å². The quantitative estimate of drug-likeness (QED) is 0.803. The van der Waals surface area contributed by atoms with Crippen LogP contribution in [0.1, 0.15) is 17.0 Å². The normalized spacial score (nSPS) is 11.5. The summed E-state index contributed by atoms with van der Waals surface area (Å²) in [5.74, 6) is 0.379. The molecule has 0 aliphatic carbocycles. The van der Waals surface area contributed by atoms with Crippen molar-refractivity contribution in [2.24, 2.45) is 0 Å². The van der Waals surface area contributed by atoms with Crippen molar-refractivity contribution in [2.75, 3.05) is 0 Å². The van der Waals surface area contributed by atoms with Gasteiger partial charge in [0.05, 0.1) is 5.56 Å². The van der Waals surface area contributed by atoms with E-state index in [-0.39, 0.29) is 12.0 Å². The van der Waals surface area contributed by atoms with Gasteiger partial charge in [-0.15, -0.1) is 0 Å². The van der Waals surface area contributed by atoms with Crippen LogP contribution >= 0.6 is 0 Å². The summed E-state index contributed by atoms with van der Waals surface area (Å²) in [7, 11) is 0. The Morgan fingerprint density at radius 3 is 2.24 bits per heavy atom. The highest BCUT2D eigenvalue weighted by Crippen LogP contribution is 2.32. The summed E-state index contributed by atoms with van der Waals surface area (Å²) in [5.41, 5.74) is -0.446. The zero-order chi connectivity index (χ0) is 12.3. The van der Waals surface area contributed by atoms with Crippen LogP contribution in [-0.2, 0) is 12.6 Å². The highest BCUT2D eigenvalue weighted by molar-refractivity contribution is 5.31. The monoisotopic (exact) mass is 238 g/mol. The average Bonchev–Trinajstić information content (AvgIpc) is 2.30. The van der Waals surface area contributed by atoms with Gasteiger partial charge in [-0.25, -0.2) is 9.97 Å². The molecule has 2 rings (SSSR count). The number of aromatic nitrogens is 2. The van der Waals surface area contributed by atoms with Gasteiger partial charge in [-0.2, -0.15) is 13.2 Å². The molecule has 0 unspecified atom stereocenters. The third-order valence-corrected chi connectivity index (χ3v) is 2.29. The minimum atomic E-state index is -4.34. The van der Waals surface area contributed by atoms with E-state index < -0.39 is 11.7 Å². The Balaban J connectivity index is 2.34. The first kappa shape index (κ1) is 11.6. The molecule has 5 heteroatoms. The lowest BCUT2D eigenvalue weighted by atomic mass is 10.0. The molecule has 1 heterocycles. The van der Waals surface area contributed by atoms with E-state index >= 15 is 0 Å². The van der Waals surface area contributed by atoms with Crippen LogP contribution in [0.25, 0.3) is 0 Å². The predicted molar refractivity (Wildman–Crippen MR) is 56.3 cm³/mol. The Labute approximate surface area is 96.2 Å². The molecule has 0 aliphatic rings. The highest BCUT2D eigenvalue weighted by atomic mass is 19.4. The first-order valence-corrected chi connectivity index (χ1v) is 4.98. The van der Waals surface area contributed by atoms with Crippen molar-refractivity contribution < 1.29 is 13.2 Å². The smallest absolute Gasteiger partial charge is 0.241 e. The van der Waals surface area contributed by atoms with E-state index in [1.54, 1.807) is 12.1 Å². The molecule has 0 spiro atoms. The van der Waals surface area contributed by atoms with Crippen LogP contribution in [0.15, 0.2) is 42.7 Å². The van der Waals surface area contributed by atoms with Gasteiger partial charge in [0.25, 0.3) is 0 Å². The molecule has 88 valence electrons. The number of alkyl halides is 3. The zero-order valence-electron chi connectivity index (χ0n) is 8.78. The summed E-state index contributed by atoms with van der Waals surface area (Å²) in [5, 5.41) is 0. The van der Waals surface area contributed by atoms with Crippen molar-refractivity contribution in [3.63, 3.8) is 0 Å². The third kappa shape index (κ3) is 2.81. The summed E-state index contributed by atoms with van der Waals surface area (Å²) in [6.45, 7) is 0. The summed E-state index contributed by atoms with van der Waals surface area (Å²) >= 11 is 0. The second-order valence-electron chi connectivity index (χ2n) is 3.50. The van der Waals surface area contributed by atoms with Gasteiger partial charge in [-0.05, 0) is 17.7 Å². The van der Waals surface area contributed by atoms with Gasteiger partial charge in [0, 0.05) is 18.8 Å². The lowest BCUT2D eigenvalue weighted by Crippen LogP contribution is -2.10. The molecule has 0 saturated heterocycles. The molecule has 17 heavy (non-hydrogen) atoms. The van der Waals surface area contributed by atoms with E-state index in [4.69, 9.17) is 0 Å². The Kier molecular flexibility index (Phi) is 3.08. The maximum Gasteiger partial charge on any atom is 0.416 e. The molecule has 0 N–H and O–H groups in total. The standard InChI is InChI=1S/C12H9F3N2/c13-12(14,15)10-5-2-1-4-9(10)8-11-16-6-3-7-17-11/h1-7H,8H2. The number of halogens is 3. The molecule has 1 aromatic heterocycles. The third-order valence-electron chi connectivity index (χ3n) is 2.29. The molecule has 0 atom stereocenters. The number of rotatable bonds is 2. The molecule has 0 fully saturated rings. The van der Waals surface area contributed by atoms with Crippen LogP contribution in [-0.4, -0.2) is 9.97 Å². The summed E-state index contributed by atoms with van der Waals surface area (Å²) in [6.07, 6.45) is -1.24. The summed E-state index contributed by atoms with van der Waals surface area (Å²) in [6, 6.07) is 7.09. The minimum Gasteiger partial charge on any atom is -0.241 e. The average molecular weight is 238 g/mol. The van der Waals surface area contributed by atoms with Crippen LogP contribution in [0.4, 0.5) is 13.2 Å². The number of benzene rings is 1. The summed E-state index contributed by atoms with van der Waals surface area (Å²) in [4.78, 5) is 7.84. The van der Waals surface area contributed by atoms with Gasteiger partial charge in [-0.1, -0.05) is 18.2 Å². The topological polar surface area (TPSA) is 25.8 Å². The Morgan fingerprint density at radius 2 is 1.59 bits per heavy atom. The first-order valence-electron chi connectivity index (χ1n) is 4.98. The molecule has 0 amide bonds. The van der Waals surface area contributed by atoms with Gasteiger partial charge in [0.2, 0.25) is 0 Å². The van der Waals surface area contributed by atoms with E-state index in [9.17, 15) is 13.2 Å². The zero-order valence-corrected chi connectivity index (χ0v) is 8.78. The van der Waals surface area contributed by atoms with Gasteiger partial charge in [0.1, 0.15) is 5.82 Å². The Hall–Kier alpha value is -1.91. The van der Waals surface area contributed by atoms with E-state index in [0.717, 1.165) is 6.07 Å². The van der Waals surface area contributed by atoms with E-state index in [0.29, 0.717) is 5.82 Å². The lowest BCUT2D eigenvalue weighted by Gasteiger charge is -2.11. The molecule has 0 aliphatic heterocycles. The van der Waals surface area contributed by atoms with Crippen molar-refractivity contribution in [2.45, 2.75) is 12.6 Å². The fourth-order valence-corrected chi connectivity index (χ4v) is 1.54. The Morgan fingerprint density at radius 1 is 0.941 bits per heavy atom. The van der Waals surface area contributed by atoms with Crippen LogP contribution in [0, 0.1) is 0 Å². The lowest BCUT2D eigenvalue weighted by molar-refractivity contribution is -0.138. The predicted octanol–water partition coefficient (Wildman–Crippen LogP) is 3.09. The molecule has 0 radical (unpaired) electrons. The number of hydrogen-bond donors (Lipinski definition) is 0. The second kappa shape index (κ2) is 4.53. The van der Waals surface area contributed by atoms with Crippen LogP contribution in [0.2, 0.25) is 0 Å². The highest BCUT2D eigenvalue weighted by Gasteiger charge is 2.32. The molecular formula is C12H9F3N2. The minimum absolute atomic E-state index is 0.0799. The number of hydrogen-bond acceptors (Lipinski definition) is 2. The van der Waals surface area contributed by atoms with Crippen LogP contribution < -0.4 is 0 Å².